The molecule has 1 heterocycles. The van der Waals surface area contributed by atoms with Gasteiger partial charge in [0.1, 0.15) is 17.3 Å². The monoisotopic (exact) mass is 448 g/mol. The largest absolute Gasteiger partial charge is 0.497 e. The molecule has 2 amide bonds. The van der Waals surface area contributed by atoms with Gasteiger partial charge in [-0.3, -0.25) is 9.59 Å². The molecule has 0 bridgehead atoms. The average Bonchev–Trinajstić information content (AvgIpc) is 2.84. The van der Waals surface area contributed by atoms with Crippen molar-refractivity contribution >= 4 is 23.2 Å². The normalized spacial score (nSPS) is 18.0. The summed E-state index contributed by atoms with van der Waals surface area (Å²) in [5.74, 6) is 0.0506. The molecule has 2 atom stereocenters. The number of anilines is 2. The highest BCUT2D eigenvalue weighted by Crippen LogP contribution is 2.41. The molecule has 33 heavy (non-hydrogen) atoms. The molecule has 0 aliphatic carbocycles. The molecule has 1 aliphatic heterocycles. The van der Waals surface area contributed by atoms with Crippen molar-refractivity contribution < 1.29 is 23.5 Å². The Morgan fingerprint density at radius 1 is 0.970 bits per heavy atom. The molecule has 3 aromatic carbocycles. The lowest BCUT2D eigenvalue weighted by Gasteiger charge is -2.41. The number of nitrogens with one attached hydrogen (secondary N) is 1. The molecular formula is C26H25FN2O4. The van der Waals surface area contributed by atoms with Crippen molar-refractivity contribution in [1.82, 2.24) is 0 Å². The van der Waals surface area contributed by atoms with Crippen LogP contribution in [0.5, 0.6) is 11.5 Å². The van der Waals surface area contributed by atoms with Gasteiger partial charge in [-0.25, -0.2) is 4.39 Å². The second-order valence-electron chi connectivity index (χ2n) is 7.82. The molecule has 1 fully saturated rings. The van der Waals surface area contributed by atoms with Gasteiger partial charge in [0.15, 0.2) is 0 Å². The maximum Gasteiger partial charge on any atom is 0.229 e. The Morgan fingerprint density at radius 2 is 1.67 bits per heavy atom. The van der Waals surface area contributed by atoms with E-state index < -0.39 is 12.0 Å². The third-order valence-electron chi connectivity index (χ3n) is 5.83. The van der Waals surface area contributed by atoms with Crippen molar-refractivity contribution in [2.75, 3.05) is 24.4 Å². The van der Waals surface area contributed by atoms with Crippen LogP contribution in [0.4, 0.5) is 15.8 Å². The molecule has 170 valence electrons. The van der Waals surface area contributed by atoms with Crippen molar-refractivity contribution in [1.29, 1.82) is 0 Å². The van der Waals surface area contributed by atoms with Gasteiger partial charge in [0.2, 0.25) is 11.8 Å². The summed E-state index contributed by atoms with van der Waals surface area (Å²) in [4.78, 5) is 28.1. The number of hydrogen-bond acceptors (Lipinski definition) is 4. The van der Waals surface area contributed by atoms with Gasteiger partial charge in [-0.1, -0.05) is 18.2 Å². The molecule has 0 spiro atoms. The third kappa shape index (κ3) is 4.82. The van der Waals surface area contributed by atoms with Crippen molar-refractivity contribution in [3.63, 3.8) is 0 Å². The first-order valence-corrected chi connectivity index (χ1v) is 10.7. The molecule has 0 unspecified atom stereocenters. The second kappa shape index (κ2) is 9.73. The lowest BCUT2D eigenvalue weighted by Crippen LogP contribution is -2.47. The van der Waals surface area contributed by atoms with Crippen LogP contribution >= 0.6 is 0 Å². The predicted octanol–water partition coefficient (Wildman–Crippen LogP) is 4.97. The number of carbonyl (C=O) groups excluding carboxylic acids is 2. The highest BCUT2D eigenvalue weighted by Gasteiger charge is 2.41. The van der Waals surface area contributed by atoms with Crippen LogP contribution in [0.1, 0.15) is 24.4 Å². The van der Waals surface area contributed by atoms with Gasteiger partial charge >= 0.3 is 0 Å². The van der Waals surface area contributed by atoms with Gasteiger partial charge in [0, 0.05) is 23.9 Å². The Kier molecular flexibility index (Phi) is 6.58. The molecule has 4 rings (SSSR count). The minimum atomic E-state index is -0.592. The van der Waals surface area contributed by atoms with Gasteiger partial charge in [0.05, 0.1) is 26.2 Å². The van der Waals surface area contributed by atoms with Crippen LogP contribution in [-0.2, 0) is 9.59 Å². The predicted molar refractivity (Wildman–Crippen MR) is 124 cm³/mol. The molecule has 1 N–H and O–H groups in total. The first-order chi connectivity index (χ1) is 16.0. The quantitative estimate of drug-likeness (QED) is 0.578. The summed E-state index contributed by atoms with van der Waals surface area (Å²) in [6.45, 7) is 0. The highest BCUT2D eigenvalue weighted by atomic mass is 19.1. The number of benzene rings is 3. The van der Waals surface area contributed by atoms with Crippen molar-refractivity contribution in [2.24, 2.45) is 5.92 Å². The third-order valence-corrected chi connectivity index (χ3v) is 5.83. The molecule has 6 nitrogen and oxygen atoms in total. The maximum atomic E-state index is 13.7. The van der Waals surface area contributed by atoms with Crippen LogP contribution in [0.3, 0.4) is 0 Å². The van der Waals surface area contributed by atoms with Crippen LogP contribution in [0.15, 0.2) is 72.8 Å². The summed E-state index contributed by atoms with van der Waals surface area (Å²) >= 11 is 0. The fraction of sp³-hybridized carbons (Fsp3) is 0.231. The summed E-state index contributed by atoms with van der Waals surface area (Å²) in [5.41, 5.74) is 1.94. The molecule has 1 saturated heterocycles. The molecule has 0 saturated carbocycles. The van der Waals surface area contributed by atoms with Gasteiger partial charge in [-0.2, -0.15) is 0 Å². The van der Waals surface area contributed by atoms with Crippen molar-refractivity contribution in [2.45, 2.75) is 18.9 Å². The Hall–Kier alpha value is -3.87. The van der Waals surface area contributed by atoms with Gasteiger partial charge < -0.3 is 19.7 Å². The van der Waals surface area contributed by atoms with E-state index in [9.17, 15) is 14.0 Å². The lowest BCUT2D eigenvalue weighted by molar-refractivity contribution is -0.125. The number of carbonyl (C=O) groups is 2. The molecule has 3 aromatic rings. The van der Waals surface area contributed by atoms with Crippen LogP contribution in [0.2, 0.25) is 0 Å². The molecule has 7 heteroatoms. The highest BCUT2D eigenvalue weighted by molar-refractivity contribution is 6.00. The topological polar surface area (TPSA) is 67.9 Å². The summed E-state index contributed by atoms with van der Waals surface area (Å²) in [6, 6.07) is 19.6. The molecule has 0 radical (unpaired) electrons. The van der Waals surface area contributed by atoms with E-state index in [0.29, 0.717) is 34.9 Å². The number of rotatable bonds is 6. The van der Waals surface area contributed by atoms with E-state index in [1.807, 2.05) is 0 Å². The van der Waals surface area contributed by atoms with E-state index in [4.69, 9.17) is 9.47 Å². The average molecular weight is 448 g/mol. The summed E-state index contributed by atoms with van der Waals surface area (Å²) in [7, 11) is 3.13. The van der Waals surface area contributed by atoms with Gasteiger partial charge in [0.25, 0.3) is 0 Å². The first kappa shape index (κ1) is 22.3. The Morgan fingerprint density at radius 3 is 2.33 bits per heavy atom. The second-order valence-corrected chi connectivity index (χ2v) is 7.82. The zero-order valence-corrected chi connectivity index (χ0v) is 18.5. The van der Waals surface area contributed by atoms with Crippen LogP contribution in [-0.4, -0.2) is 26.0 Å². The molecular weight excluding hydrogens is 423 g/mol. The number of ether oxygens (including phenoxy) is 2. The summed E-state index contributed by atoms with van der Waals surface area (Å²) < 4.78 is 24.1. The van der Waals surface area contributed by atoms with Crippen LogP contribution in [0.25, 0.3) is 0 Å². The Bertz CT molecular complexity index is 1130. The zero-order valence-electron chi connectivity index (χ0n) is 18.5. The van der Waals surface area contributed by atoms with Crippen molar-refractivity contribution in [3.8, 4) is 11.5 Å². The van der Waals surface area contributed by atoms with E-state index in [2.05, 4.69) is 5.32 Å². The Balaban J connectivity index is 1.71. The smallest absolute Gasteiger partial charge is 0.229 e. The molecule has 0 aromatic heterocycles. The molecule has 1 aliphatic rings. The Labute approximate surface area is 191 Å². The summed E-state index contributed by atoms with van der Waals surface area (Å²) in [6.07, 6.45) is 0.600. The fourth-order valence-corrected chi connectivity index (χ4v) is 4.19. The number of nitrogens with zero attached hydrogens (tertiary/aromatic N) is 1. The number of piperidine rings is 1. The minimum Gasteiger partial charge on any atom is -0.497 e. The van der Waals surface area contributed by atoms with Gasteiger partial charge in [-0.05, 0) is 60.5 Å². The van der Waals surface area contributed by atoms with Crippen LogP contribution in [0, 0.1) is 11.7 Å². The standard InChI is InChI=1S/C26H25FN2O4/c1-32-21-12-10-20(11-13-21)29-24(30)15-14-23(25(29)17-6-8-18(27)9-7-17)26(31)28-19-4-3-5-22(16-19)33-2/h3-13,16,23,25H,14-15H2,1-2H3,(H,28,31)/t23-,25-/m1/s1. The summed E-state index contributed by atoms with van der Waals surface area (Å²) in [5, 5.41) is 2.95. The number of halogens is 1. The first-order valence-electron chi connectivity index (χ1n) is 10.7. The number of hydrogen-bond donors (Lipinski definition) is 1. The maximum absolute atomic E-state index is 13.7. The van der Waals surface area contributed by atoms with E-state index in [-0.39, 0.29) is 24.1 Å². The van der Waals surface area contributed by atoms with E-state index in [0.717, 1.165) is 0 Å². The lowest BCUT2D eigenvalue weighted by atomic mass is 9.83. The van der Waals surface area contributed by atoms with Crippen LogP contribution < -0.4 is 19.7 Å². The van der Waals surface area contributed by atoms with Gasteiger partial charge in [-0.15, -0.1) is 0 Å². The van der Waals surface area contributed by atoms with E-state index in [1.165, 1.54) is 12.1 Å². The minimum absolute atomic E-state index is 0.0973. The number of amides is 2. The SMILES string of the molecule is COc1ccc(N2C(=O)CC[C@@H](C(=O)Nc3cccc(OC)c3)[C@H]2c2ccc(F)cc2)cc1. The van der Waals surface area contributed by atoms with E-state index in [1.54, 1.807) is 79.8 Å². The van der Waals surface area contributed by atoms with Crippen molar-refractivity contribution in [3.05, 3.63) is 84.2 Å². The number of methoxy groups -OCH3 is 2. The zero-order chi connectivity index (χ0) is 23.4. The van der Waals surface area contributed by atoms with E-state index >= 15 is 0 Å². The fourth-order valence-electron chi connectivity index (χ4n) is 4.19.